The maximum Gasteiger partial charge on any atom is 0.318 e. The van der Waals surface area contributed by atoms with Gasteiger partial charge in [0.2, 0.25) is 0 Å². The van der Waals surface area contributed by atoms with E-state index in [1.54, 1.807) is 6.20 Å². The molecule has 0 saturated heterocycles. The van der Waals surface area contributed by atoms with Gasteiger partial charge in [-0.15, -0.1) is 0 Å². The lowest BCUT2D eigenvalue weighted by atomic mass is 10.1. The third kappa shape index (κ3) is 5.08. The SMILES string of the molecule is Cc1ccc(C)c(Cn2ccnc2CN(C(=O)NC(C)C)C(C)C)c1. The second-order valence-corrected chi connectivity index (χ2v) is 7.23. The van der Waals surface area contributed by atoms with Crippen molar-refractivity contribution in [2.45, 2.75) is 66.7 Å². The molecule has 2 rings (SSSR count). The molecule has 1 N–H and O–H groups in total. The van der Waals surface area contributed by atoms with Gasteiger partial charge in [0.05, 0.1) is 6.54 Å². The monoisotopic (exact) mass is 342 g/mol. The lowest BCUT2D eigenvalue weighted by Crippen LogP contribution is -2.46. The molecule has 0 saturated carbocycles. The van der Waals surface area contributed by atoms with Gasteiger partial charge in [0.1, 0.15) is 5.82 Å². The van der Waals surface area contributed by atoms with Crippen molar-refractivity contribution in [2.75, 3.05) is 0 Å². The number of nitrogens with one attached hydrogen (secondary N) is 1. The van der Waals surface area contributed by atoms with Crippen molar-refractivity contribution in [1.82, 2.24) is 19.8 Å². The van der Waals surface area contributed by atoms with Crippen LogP contribution in [0.3, 0.4) is 0 Å². The van der Waals surface area contributed by atoms with Gasteiger partial charge in [-0.1, -0.05) is 23.8 Å². The number of imidazole rings is 1. The number of rotatable bonds is 6. The number of benzene rings is 1. The molecular weight excluding hydrogens is 312 g/mol. The quantitative estimate of drug-likeness (QED) is 0.866. The fourth-order valence-electron chi connectivity index (χ4n) is 2.76. The van der Waals surface area contributed by atoms with Crippen molar-refractivity contribution >= 4 is 6.03 Å². The highest BCUT2D eigenvalue weighted by Gasteiger charge is 2.20. The van der Waals surface area contributed by atoms with Crippen LogP contribution < -0.4 is 5.32 Å². The number of hydrogen-bond donors (Lipinski definition) is 1. The number of nitrogens with zero attached hydrogens (tertiary/aromatic N) is 3. The van der Waals surface area contributed by atoms with E-state index in [2.05, 4.69) is 46.9 Å². The summed E-state index contributed by atoms with van der Waals surface area (Å²) < 4.78 is 2.12. The first kappa shape index (κ1) is 19.0. The summed E-state index contributed by atoms with van der Waals surface area (Å²) in [6.07, 6.45) is 3.79. The van der Waals surface area contributed by atoms with Crippen LogP contribution in [0.4, 0.5) is 4.79 Å². The fraction of sp³-hybridized carbons (Fsp3) is 0.500. The highest BCUT2D eigenvalue weighted by molar-refractivity contribution is 5.74. The number of amides is 2. The standard InChI is InChI=1S/C20H30N4O/c1-14(2)22-20(25)24(15(3)4)13-19-21-9-10-23(19)12-18-11-16(5)7-8-17(18)6/h7-11,14-15H,12-13H2,1-6H3,(H,22,25). The summed E-state index contributed by atoms with van der Waals surface area (Å²) in [5.74, 6) is 0.897. The summed E-state index contributed by atoms with van der Waals surface area (Å²) in [5.41, 5.74) is 3.80. The molecule has 1 aromatic carbocycles. The van der Waals surface area contributed by atoms with Gasteiger partial charge in [-0.05, 0) is 52.7 Å². The van der Waals surface area contributed by atoms with Crippen LogP contribution in [-0.2, 0) is 13.1 Å². The lowest BCUT2D eigenvalue weighted by molar-refractivity contribution is 0.174. The number of aromatic nitrogens is 2. The van der Waals surface area contributed by atoms with Crippen molar-refractivity contribution in [3.8, 4) is 0 Å². The molecule has 2 amide bonds. The predicted octanol–water partition coefficient (Wildman–Crippen LogP) is 3.88. The van der Waals surface area contributed by atoms with Crippen molar-refractivity contribution in [3.05, 3.63) is 53.1 Å². The molecular formula is C20H30N4O. The van der Waals surface area contributed by atoms with Crippen molar-refractivity contribution in [1.29, 1.82) is 0 Å². The van der Waals surface area contributed by atoms with Crippen molar-refractivity contribution < 1.29 is 4.79 Å². The average Bonchev–Trinajstić information content (AvgIpc) is 2.94. The molecule has 1 aromatic heterocycles. The summed E-state index contributed by atoms with van der Waals surface area (Å²) >= 11 is 0. The van der Waals surface area contributed by atoms with Crippen LogP contribution in [0.15, 0.2) is 30.6 Å². The minimum absolute atomic E-state index is 0.0497. The maximum absolute atomic E-state index is 12.5. The second kappa shape index (κ2) is 8.19. The molecule has 25 heavy (non-hydrogen) atoms. The lowest BCUT2D eigenvalue weighted by Gasteiger charge is -2.28. The van der Waals surface area contributed by atoms with Crippen molar-refractivity contribution in [3.63, 3.8) is 0 Å². The number of carbonyl (C=O) groups is 1. The summed E-state index contributed by atoms with van der Waals surface area (Å²) in [6, 6.07) is 6.66. The van der Waals surface area contributed by atoms with E-state index >= 15 is 0 Å². The van der Waals surface area contributed by atoms with Crippen LogP contribution in [0.2, 0.25) is 0 Å². The highest BCUT2D eigenvalue weighted by atomic mass is 16.2. The molecule has 2 aromatic rings. The third-order valence-electron chi connectivity index (χ3n) is 4.26. The van der Waals surface area contributed by atoms with Gasteiger partial charge in [0, 0.05) is 31.0 Å². The van der Waals surface area contributed by atoms with Crippen LogP contribution in [0, 0.1) is 13.8 Å². The Bertz CT molecular complexity index is 718. The number of carbonyl (C=O) groups excluding carboxylic acids is 1. The van der Waals surface area contributed by atoms with Crippen molar-refractivity contribution in [2.24, 2.45) is 0 Å². The summed E-state index contributed by atoms with van der Waals surface area (Å²) in [6.45, 7) is 13.5. The van der Waals surface area contributed by atoms with Gasteiger partial charge in [-0.25, -0.2) is 9.78 Å². The third-order valence-corrected chi connectivity index (χ3v) is 4.26. The van der Waals surface area contributed by atoms with Crippen LogP contribution >= 0.6 is 0 Å². The van der Waals surface area contributed by atoms with E-state index < -0.39 is 0 Å². The molecule has 5 nitrogen and oxygen atoms in total. The Morgan fingerprint density at radius 3 is 2.60 bits per heavy atom. The first-order chi connectivity index (χ1) is 11.8. The van der Waals surface area contributed by atoms with E-state index in [9.17, 15) is 4.79 Å². The molecule has 0 atom stereocenters. The predicted molar refractivity (Wildman–Crippen MR) is 102 cm³/mol. The Balaban J connectivity index is 2.19. The molecule has 0 spiro atoms. The molecule has 0 bridgehead atoms. The molecule has 0 radical (unpaired) electrons. The highest BCUT2D eigenvalue weighted by Crippen LogP contribution is 2.15. The topological polar surface area (TPSA) is 50.2 Å². The van der Waals surface area contributed by atoms with Gasteiger partial charge in [-0.2, -0.15) is 0 Å². The Kier molecular flexibility index (Phi) is 6.23. The molecule has 0 aliphatic heterocycles. The van der Waals surface area contributed by atoms with E-state index in [4.69, 9.17) is 0 Å². The van der Waals surface area contributed by atoms with E-state index in [1.165, 1.54) is 16.7 Å². The van der Waals surface area contributed by atoms with E-state index in [1.807, 2.05) is 38.8 Å². The van der Waals surface area contributed by atoms with E-state index in [0.717, 1.165) is 12.4 Å². The zero-order valence-corrected chi connectivity index (χ0v) is 16.2. The first-order valence-corrected chi connectivity index (χ1v) is 8.91. The fourth-order valence-corrected chi connectivity index (χ4v) is 2.76. The zero-order valence-electron chi connectivity index (χ0n) is 16.2. The van der Waals surface area contributed by atoms with Gasteiger partial charge in [0.15, 0.2) is 0 Å². The number of urea groups is 1. The molecule has 5 heteroatoms. The van der Waals surface area contributed by atoms with Crippen LogP contribution in [0.5, 0.6) is 0 Å². The molecule has 0 fully saturated rings. The minimum atomic E-state index is -0.0497. The Morgan fingerprint density at radius 2 is 1.96 bits per heavy atom. The van der Waals surface area contributed by atoms with Crippen LogP contribution in [0.25, 0.3) is 0 Å². The molecule has 0 unspecified atom stereocenters. The Labute approximate surface area is 151 Å². The van der Waals surface area contributed by atoms with Crippen LogP contribution in [-0.4, -0.2) is 32.6 Å². The zero-order chi connectivity index (χ0) is 18.6. The smallest absolute Gasteiger partial charge is 0.318 e. The normalized spacial score (nSPS) is 11.2. The van der Waals surface area contributed by atoms with E-state index in [0.29, 0.717) is 6.54 Å². The average molecular weight is 342 g/mol. The minimum Gasteiger partial charge on any atom is -0.336 e. The molecule has 0 aliphatic rings. The summed E-state index contributed by atoms with van der Waals surface area (Å²) in [7, 11) is 0. The summed E-state index contributed by atoms with van der Waals surface area (Å²) in [4.78, 5) is 18.8. The maximum atomic E-state index is 12.5. The van der Waals surface area contributed by atoms with Gasteiger partial charge in [-0.3, -0.25) is 0 Å². The summed E-state index contributed by atoms with van der Waals surface area (Å²) in [5, 5.41) is 2.97. The number of hydrogen-bond acceptors (Lipinski definition) is 2. The van der Waals surface area contributed by atoms with Gasteiger partial charge >= 0.3 is 6.03 Å². The first-order valence-electron chi connectivity index (χ1n) is 8.91. The Hall–Kier alpha value is -2.30. The van der Waals surface area contributed by atoms with E-state index in [-0.39, 0.29) is 18.1 Å². The second-order valence-electron chi connectivity index (χ2n) is 7.23. The number of aryl methyl sites for hydroxylation is 2. The largest absolute Gasteiger partial charge is 0.336 e. The van der Waals surface area contributed by atoms with Crippen LogP contribution in [0.1, 0.15) is 50.2 Å². The molecule has 1 heterocycles. The van der Waals surface area contributed by atoms with Gasteiger partial charge in [0.25, 0.3) is 0 Å². The molecule has 0 aliphatic carbocycles. The molecule has 136 valence electrons. The Morgan fingerprint density at radius 1 is 1.24 bits per heavy atom. The van der Waals surface area contributed by atoms with Gasteiger partial charge < -0.3 is 14.8 Å².